The summed E-state index contributed by atoms with van der Waals surface area (Å²) in [6.07, 6.45) is -4.52. The molecule has 0 radical (unpaired) electrons. The minimum atomic E-state index is -4.51. The van der Waals surface area contributed by atoms with E-state index in [0.29, 0.717) is 11.2 Å². The Hall–Kier alpha value is -3.88. The summed E-state index contributed by atoms with van der Waals surface area (Å²) in [5.41, 5.74) is 12.8. The maximum atomic E-state index is 13.7. The molecule has 6 heterocycles. The number of nitrogens with two attached hydrogens (primary N) is 2. The summed E-state index contributed by atoms with van der Waals surface area (Å²) in [7, 11) is -4.51. The fourth-order valence-electron chi connectivity index (χ4n) is 5.04. The SMILES string of the molecule is Nc1ncnc2c1ncn2[C@@H]1O[C@H](COP(=O)(CC(=O)[O-])OC2C[C@H](n3cnc4c(N)ncnc43)O[C@@H]2CO)C(O)C1O. The zero-order chi connectivity index (χ0) is 30.5. The Kier molecular flexibility index (Phi) is 7.69. The Labute approximate surface area is 240 Å². The molecular weight excluding hydrogens is 595 g/mol. The number of nitrogen functional groups attached to an aromatic ring is 2. The summed E-state index contributed by atoms with van der Waals surface area (Å²) in [4.78, 5) is 35.8. The van der Waals surface area contributed by atoms with Gasteiger partial charge < -0.3 is 55.2 Å². The van der Waals surface area contributed by atoms with E-state index in [9.17, 15) is 29.8 Å². The molecule has 4 aromatic rings. The summed E-state index contributed by atoms with van der Waals surface area (Å²) in [6, 6.07) is 0. The largest absolute Gasteiger partial charge is 0.549 e. The van der Waals surface area contributed by atoms with Gasteiger partial charge in [0, 0.05) is 6.42 Å². The van der Waals surface area contributed by atoms with Gasteiger partial charge in [-0.3, -0.25) is 13.7 Å². The van der Waals surface area contributed by atoms with Crippen LogP contribution in [0.25, 0.3) is 22.3 Å². The van der Waals surface area contributed by atoms with Crippen molar-refractivity contribution in [2.75, 3.05) is 30.8 Å². The molecule has 0 aliphatic carbocycles. The maximum absolute atomic E-state index is 13.7. The quantitative estimate of drug-likeness (QED) is 0.111. The molecule has 8 atom stereocenters. The Morgan fingerprint density at radius 3 is 2.23 bits per heavy atom. The molecule has 43 heavy (non-hydrogen) atoms. The van der Waals surface area contributed by atoms with E-state index in [2.05, 4.69) is 29.9 Å². The lowest BCUT2D eigenvalue weighted by Gasteiger charge is -2.26. The second kappa shape index (κ2) is 11.3. The minimum Gasteiger partial charge on any atom is -0.549 e. The first kappa shape index (κ1) is 29.2. The lowest BCUT2D eigenvalue weighted by Crippen LogP contribution is -2.35. The number of carboxylic acids is 1. The summed E-state index contributed by atoms with van der Waals surface area (Å²) in [6.45, 7) is -1.21. The van der Waals surface area contributed by atoms with E-state index in [-0.39, 0.29) is 29.2 Å². The van der Waals surface area contributed by atoms with E-state index in [0.717, 1.165) is 0 Å². The first-order valence-corrected chi connectivity index (χ1v) is 14.6. The van der Waals surface area contributed by atoms with E-state index in [1.54, 1.807) is 0 Å². The fraction of sp³-hybridized carbons (Fsp3) is 0.500. The van der Waals surface area contributed by atoms with Gasteiger partial charge in [-0.15, -0.1) is 0 Å². The van der Waals surface area contributed by atoms with Crippen molar-refractivity contribution in [3.63, 3.8) is 0 Å². The summed E-state index contributed by atoms with van der Waals surface area (Å²) >= 11 is 0. The molecule has 20 nitrogen and oxygen atoms in total. The minimum absolute atomic E-state index is 0.0109. The van der Waals surface area contributed by atoms with Crippen LogP contribution >= 0.6 is 7.60 Å². The van der Waals surface area contributed by atoms with Crippen molar-refractivity contribution in [1.82, 2.24) is 39.0 Å². The molecule has 0 spiro atoms. The molecule has 2 saturated heterocycles. The maximum Gasteiger partial charge on any atom is 0.336 e. The van der Waals surface area contributed by atoms with Crippen LogP contribution in [-0.2, 0) is 27.9 Å². The van der Waals surface area contributed by atoms with Gasteiger partial charge in [0.1, 0.15) is 54.3 Å². The zero-order valence-electron chi connectivity index (χ0n) is 22.1. The molecule has 2 aliphatic heterocycles. The summed E-state index contributed by atoms with van der Waals surface area (Å²) < 4.78 is 39.2. The van der Waals surface area contributed by atoms with Gasteiger partial charge in [0.15, 0.2) is 29.2 Å². The van der Waals surface area contributed by atoms with Crippen LogP contribution in [0, 0.1) is 0 Å². The van der Waals surface area contributed by atoms with Crippen molar-refractivity contribution < 1.29 is 48.3 Å². The van der Waals surface area contributed by atoms with Crippen molar-refractivity contribution in [2.45, 2.75) is 49.4 Å². The highest BCUT2D eigenvalue weighted by molar-refractivity contribution is 7.54. The number of nitrogens with zero attached hydrogens (tertiary/aromatic N) is 8. The zero-order valence-corrected chi connectivity index (χ0v) is 23.0. The molecule has 0 bridgehead atoms. The number of carbonyl (C=O) groups excluding carboxylic acids is 1. The van der Waals surface area contributed by atoms with E-state index < -0.39 is 75.9 Å². The van der Waals surface area contributed by atoms with E-state index >= 15 is 0 Å². The average Bonchev–Trinajstić information content (AvgIpc) is 3.74. The standard InChI is InChI=1S/C22H27N10O10P/c23-18-14-20(27-5-25-18)31(7-29-14)12-1-9(10(2-33)40-12)42-43(38,4-13(34)35)39-3-11-16(36)17(37)22(41-11)32-8-30-15-19(24)26-6-28-21(15)32/h5-12,16-17,22,33,36-37H,1-4H2,(H,34,35)(H2,23,25,27)(H2,24,26,28)/p-1/t9?,10-,11-,12-,16?,17?,22-,43?/m1/s1. The topological polar surface area (TPSA) is 294 Å². The van der Waals surface area contributed by atoms with Gasteiger partial charge in [-0.2, -0.15) is 0 Å². The average molecular weight is 621 g/mol. The van der Waals surface area contributed by atoms with E-state index in [1.165, 1.54) is 34.4 Å². The van der Waals surface area contributed by atoms with Crippen LogP contribution in [0.3, 0.4) is 0 Å². The van der Waals surface area contributed by atoms with Gasteiger partial charge in [0.05, 0.1) is 44.1 Å². The van der Waals surface area contributed by atoms with Crippen molar-refractivity contribution in [2.24, 2.45) is 0 Å². The Morgan fingerprint density at radius 1 is 0.977 bits per heavy atom. The molecular formula is C22H26N10O10P-. The molecule has 230 valence electrons. The monoisotopic (exact) mass is 621 g/mol. The molecule has 21 heteroatoms. The van der Waals surface area contributed by atoms with E-state index in [4.69, 9.17) is 30.0 Å². The second-order valence-corrected chi connectivity index (χ2v) is 11.8. The number of anilines is 2. The van der Waals surface area contributed by atoms with Crippen molar-refractivity contribution in [3.8, 4) is 0 Å². The number of aromatic nitrogens is 8. The molecule has 4 unspecified atom stereocenters. The van der Waals surface area contributed by atoms with Crippen molar-refractivity contribution in [3.05, 3.63) is 25.3 Å². The van der Waals surface area contributed by atoms with Crippen LogP contribution in [0.15, 0.2) is 25.3 Å². The predicted octanol–water partition coefficient (Wildman–Crippen LogP) is -2.93. The number of rotatable bonds is 10. The third-order valence-corrected chi connectivity index (χ3v) is 8.89. The van der Waals surface area contributed by atoms with Gasteiger partial charge in [-0.1, -0.05) is 0 Å². The Morgan fingerprint density at radius 2 is 1.60 bits per heavy atom. The third-order valence-electron chi connectivity index (χ3n) is 7.11. The van der Waals surface area contributed by atoms with Gasteiger partial charge in [0.25, 0.3) is 0 Å². The molecule has 0 saturated carbocycles. The number of hydrogen-bond acceptors (Lipinski definition) is 18. The normalized spacial score (nSPS) is 29.0. The fourth-order valence-corrected chi connectivity index (χ4v) is 6.60. The van der Waals surface area contributed by atoms with Crippen LogP contribution in [0.1, 0.15) is 18.9 Å². The highest BCUT2D eigenvalue weighted by Gasteiger charge is 2.47. The number of ether oxygens (including phenoxy) is 2. The molecule has 2 aliphatic rings. The number of hydrogen-bond donors (Lipinski definition) is 5. The highest BCUT2D eigenvalue weighted by Crippen LogP contribution is 2.52. The summed E-state index contributed by atoms with van der Waals surface area (Å²) in [5.74, 6) is -1.50. The molecule has 2 fully saturated rings. The lowest BCUT2D eigenvalue weighted by atomic mass is 10.1. The number of aliphatic hydroxyl groups excluding tert-OH is 3. The Bertz CT molecular complexity index is 1700. The van der Waals surface area contributed by atoms with Crippen LogP contribution < -0.4 is 16.6 Å². The smallest absolute Gasteiger partial charge is 0.336 e. The Balaban J connectivity index is 1.17. The molecule has 0 amide bonds. The van der Waals surface area contributed by atoms with Gasteiger partial charge in [0.2, 0.25) is 0 Å². The number of aliphatic carboxylic acids is 1. The first-order chi connectivity index (χ1) is 20.6. The first-order valence-electron chi connectivity index (χ1n) is 12.8. The molecule has 4 aromatic heterocycles. The number of carboxylic acid groups (broad SMARTS) is 1. The van der Waals surface area contributed by atoms with Crippen LogP contribution in [0.4, 0.5) is 11.6 Å². The number of imidazole rings is 2. The van der Waals surface area contributed by atoms with E-state index in [1.807, 2.05) is 0 Å². The van der Waals surface area contributed by atoms with Crippen molar-refractivity contribution in [1.29, 1.82) is 0 Å². The predicted molar refractivity (Wildman–Crippen MR) is 139 cm³/mol. The van der Waals surface area contributed by atoms with Crippen LogP contribution in [0.2, 0.25) is 0 Å². The molecule has 6 rings (SSSR count). The number of aliphatic hydroxyl groups is 3. The van der Waals surface area contributed by atoms with Crippen molar-refractivity contribution >= 4 is 47.5 Å². The molecule has 7 N–H and O–H groups in total. The third kappa shape index (κ3) is 5.38. The van der Waals surface area contributed by atoms with Gasteiger partial charge in [-0.25, -0.2) is 29.9 Å². The lowest BCUT2D eigenvalue weighted by molar-refractivity contribution is -0.301. The highest BCUT2D eigenvalue weighted by atomic mass is 31.2. The second-order valence-electron chi connectivity index (χ2n) is 9.84. The number of fused-ring (bicyclic) bond motifs is 2. The molecule has 0 aromatic carbocycles. The summed E-state index contributed by atoms with van der Waals surface area (Å²) in [5, 5.41) is 42.8. The van der Waals surface area contributed by atoms with Crippen LogP contribution in [-0.4, -0.2) is 110 Å². The van der Waals surface area contributed by atoms with Gasteiger partial charge in [-0.05, 0) is 0 Å². The number of carbonyl (C=O) groups is 1. The van der Waals surface area contributed by atoms with Gasteiger partial charge >= 0.3 is 7.60 Å². The van der Waals surface area contributed by atoms with Crippen LogP contribution in [0.5, 0.6) is 0 Å².